The Bertz CT molecular complexity index is 1030. The maximum Gasteiger partial charge on any atom is 0.416 e. The van der Waals surface area contributed by atoms with Crippen LogP contribution in [0.1, 0.15) is 37.1 Å². The van der Waals surface area contributed by atoms with Crippen LogP contribution in [-0.2, 0) is 38.2 Å². The number of Topliss-reactive ketones (excluding diaryl/α,β-unsaturated/α-hetero) is 1. The summed E-state index contributed by atoms with van der Waals surface area (Å²) in [6, 6.07) is 5.00. The van der Waals surface area contributed by atoms with Crippen molar-refractivity contribution in [2.75, 3.05) is 7.11 Å². The molecule has 1 fully saturated rings. The number of benzene rings is 1. The highest BCUT2D eigenvalue weighted by Gasteiger charge is 2.54. The molecule has 3 rings (SSSR count). The molecule has 1 aromatic carbocycles. The zero-order valence-corrected chi connectivity index (χ0v) is 18.0. The second kappa shape index (κ2) is 8.85. The number of carbonyl (C=O) groups is 2. The summed E-state index contributed by atoms with van der Waals surface area (Å²) in [5.74, 6) is -1.12. The molecule has 0 bridgehead atoms. The maximum atomic E-state index is 12.9. The third-order valence-electron chi connectivity index (χ3n) is 5.72. The monoisotopic (exact) mass is 451 g/mol. The number of methoxy groups -OCH3 is 1. The van der Waals surface area contributed by atoms with E-state index in [1.165, 1.54) is 24.8 Å². The van der Waals surface area contributed by atoms with Crippen molar-refractivity contribution in [2.45, 2.75) is 51.6 Å². The van der Waals surface area contributed by atoms with Gasteiger partial charge in [-0.25, -0.2) is 4.68 Å². The molecule has 0 unspecified atom stereocenters. The van der Waals surface area contributed by atoms with E-state index in [-0.39, 0.29) is 18.5 Å². The molecule has 0 N–H and O–H groups in total. The zero-order valence-electron chi connectivity index (χ0n) is 18.0. The Kier molecular flexibility index (Phi) is 6.54. The Labute approximate surface area is 183 Å². The number of hydrogen-bond acceptors (Lipinski definition) is 6. The topological polar surface area (TPSA) is 83.3 Å². The molecule has 0 saturated carbocycles. The van der Waals surface area contributed by atoms with Crippen molar-refractivity contribution in [3.63, 3.8) is 0 Å². The van der Waals surface area contributed by atoms with E-state index in [4.69, 9.17) is 9.47 Å². The van der Waals surface area contributed by atoms with Gasteiger partial charge in [-0.1, -0.05) is 23.9 Å². The van der Waals surface area contributed by atoms with Gasteiger partial charge >= 0.3 is 12.1 Å². The number of aromatic nitrogens is 3. The van der Waals surface area contributed by atoms with Crippen LogP contribution >= 0.6 is 0 Å². The molecule has 0 amide bonds. The molecule has 172 valence electrons. The Morgan fingerprint density at radius 1 is 1.38 bits per heavy atom. The highest BCUT2D eigenvalue weighted by Crippen LogP contribution is 2.39. The highest BCUT2D eigenvalue weighted by molar-refractivity contribution is 6.13. The molecule has 1 aliphatic heterocycles. The van der Waals surface area contributed by atoms with Gasteiger partial charge in [0.25, 0.3) is 0 Å². The van der Waals surface area contributed by atoms with Crippen molar-refractivity contribution in [1.29, 1.82) is 0 Å². The lowest BCUT2D eigenvalue weighted by Crippen LogP contribution is -2.55. The van der Waals surface area contributed by atoms with Crippen molar-refractivity contribution < 1.29 is 32.2 Å². The summed E-state index contributed by atoms with van der Waals surface area (Å²) in [7, 11) is 1.21. The number of aryl methyl sites for hydroxylation is 1. The molecule has 10 heteroatoms. The molecule has 32 heavy (non-hydrogen) atoms. The van der Waals surface area contributed by atoms with Crippen molar-refractivity contribution in [1.82, 2.24) is 15.0 Å². The van der Waals surface area contributed by atoms with Crippen LogP contribution in [0, 0.1) is 5.41 Å². The molecule has 1 saturated heterocycles. The van der Waals surface area contributed by atoms with Crippen molar-refractivity contribution in [3.8, 4) is 0 Å². The second-order valence-electron chi connectivity index (χ2n) is 7.96. The molecule has 1 aliphatic rings. The van der Waals surface area contributed by atoms with Crippen LogP contribution in [0.25, 0.3) is 0 Å². The lowest BCUT2D eigenvalue weighted by molar-refractivity contribution is -0.175. The van der Waals surface area contributed by atoms with E-state index in [1.54, 1.807) is 19.2 Å². The van der Waals surface area contributed by atoms with Gasteiger partial charge in [0.15, 0.2) is 11.2 Å². The van der Waals surface area contributed by atoms with Gasteiger partial charge in [-0.3, -0.25) is 9.59 Å². The summed E-state index contributed by atoms with van der Waals surface area (Å²) >= 11 is 0. The van der Waals surface area contributed by atoms with Crippen molar-refractivity contribution >= 4 is 11.8 Å². The number of esters is 1. The number of hydrogen-bond donors (Lipinski definition) is 0. The van der Waals surface area contributed by atoms with Crippen LogP contribution in [-0.4, -0.2) is 46.1 Å². The van der Waals surface area contributed by atoms with E-state index in [9.17, 15) is 22.8 Å². The number of ether oxygens (including phenoxy) is 2. The fraction of sp³-hybridized carbons (Fsp3) is 0.455. The lowest BCUT2D eigenvalue weighted by atomic mass is 9.72. The van der Waals surface area contributed by atoms with Crippen LogP contribution in [0.2, 0.25) is 0 Å². The van der Waals surface area contributed by atoms with Gasteiger partial charge in [0, 0.05) is 11.8 Å². The zero-order chi connectivity index (χ0) is 23.7. The number of rotatable bonds is 6. The average molecular weight is 451 g/mol. The number of alkyl halides is 3. The first-order valence-corrected chi connectivity index (χ1v) is 9.99. The van der Waals surface area contributed by atoms with Gasteiger partial charge in [-0.2, -0.15) is 13.2 Å². The third kappa shape index (κ3) is 4.59. The fourth-order valence-electron chi connectivity index (χ4n) is 3.76. The van der Waals surface area contributed by atoms with E-state index >= 15 is 0 Å². The van der Waals surface area contributed by atoms with Crippen LogP contribution in [0.3, 0.4) is 0 Å². The molecule has 2 heterocycles. The Balaban J connectivity index is 1.71. The van der Waals surface area contributed by atoms with Gasteiger partial charge in [0.2, 0.25) is 0 Å². The molecule has 0 spiro atoms. The minimum atomic E-state index is -4.42. The first-order chi connectivity index (χ1) is 15.0. The predicted octanol–water partition coefficient (Wildman–Crippen LogP) is 3.37. The molecule has 0 aliphatic carbocycles. The average Bonchev–Trinajstić information content (AvgIpc) is 3.20. The summed E-state index contributed by atoms with van der Waals surface area (Å²) in [5.41, 5.74) is -1.05. The highest BCUT2D eigenvalue weighted by atomic mass is 19.4. The Morgan fingerprint density at radius 3 is 2.75 bits per heavy atom. The fourth-order valence-corrected chi connectivity index (χ4v) is 3.76. The van der Waals surface area contributed by atoms with Crippen LogP contribution < -0.4 is 0 Å². The summed E-state index contributed by atoms with van der Waals surface area (Å²) in [6.45, 7) is 7.01. The second-order valence-corrected chi connectivity index (χ2v) is 7.96. The summed E-state index contributed by atoms with van der Waals surface area (Å²) < 4.78 is 50.9. The van der Waals surface area contributed by atoms with Gasteiger partial charge in [-0.05, 0) is 44.4 Å². The van der Waals surface area contributed by atoms with Crippen molar-refractivity contribution in [2.24, 2.45) is 5.41 Å². The van der Waals surface area contributed by atoms with Gasteiger partial charge in [0.1, 0.15) is 0 Å². The third-order valence-corrected chi connectivity index (χ3v) is 5.72. The number of nitrogens with zero attached hydrogens (tertiary/aromatic N) is 3. The first-order valence-electron chi connectivity index (χ1n) is 9.99. The van der Waals surface area contributed by atoms with E-state index in [2.05, 4.69) is 16.9 Å². The van der Waals surface area contributed by atoms with Gasteiger partial charge < -0.3 is 9.47 Å². The molecule has 2 aromatic rings. The standard InChI is InChI=1S/C22H24F3N3O4/c1-13-14(2)32-18(21(3,19(13)29)20(30)31-4)9-8-17-12-28(27-26-17)11-15-6-5-7-16(10-15)22(23,24)25/h5-7,10,12,14,18H,1,8-9,11H2,2-4H3/t14-,18+,21+/m0/s1. The van der Waals surface area contributed by atoms with E-state index in [1.807, 2.05) is 0 Å². The Hall–Kier alpha value is -3.01. The number of halogens is 3. The van der Waals surface area contributed by atoms with Crippen molar-refractivity contribution in [3.05, 3.63) is 59.4 Å². The van der Waals surface area contributed by atoms with E-state index < -0.39 is 41.1 Å². The molecule has 1 aromatic heterocycles. The minimum Gasteiger partial charge on any atom is -0.468 e. The van der Waals surface area contributed by atoms with Crippen LogP contribution in [0.4, 0.5) is 13.2 Å². The van der Waals surface area contributed by atoms with E-state index in [0.29, 0.717) is 17.7 Å². The summed E-state index contributed by atoms with van der Waals surface area (Å²) in [6.07, 6.45) is -3.47. The molecule has 3 atom stereocenters. The summed E-state index contributed by atoms with van der Waals surface area (Å²) in [5, 5.41) is 8.02. The SMILES string of the molecule is C=C1C(=O)[C@](C)(C(=O)OC)[C@@H](CCc2cn(Cc3cccc(C(F)(F)F)c3)nn2)O[C@H]1C. The largest absolute Gasteiger partial charge is 0.468 e. The first kappa shape index (κ1) is 23.6. The Morgan fingerprint density at radius 2 is 2.09 bits per heavy atom. The molecule has 7 nitrogen and oxygen atoms in total. The number of ketones is 1. The molecular weight excluding hydrogens is 427 g/mol. The van der Waals surface area contributed by atoms with Crippen LogP contribution in [0.15, 0.2) is 42.6 Å². The van der Waals surface area contributed by atoms with Gasteiger partial charge in [-0.15, -0.1) is 5.10 Å². The van der Waals surface area contributed by atoms with Gasteiger partial charge in [0.05, 0.1) is 37.1 Å². The van der Waals surface area contributed by atoms with E-state index in [0.717, 1.165) is 12.1 Å². The normalized spacial score (nSPS) is 23.9. The van der Waals surface area contributed by atoms with Crippen LogP contribution in [0.5, 0.6) is 0 Å². The predicted molar refractivity (Wildman–Crippen MR) is 107 cm³/mol. The lowest BCUT2D eigenvalue weighted by Gasteiger charge is -2.41. The molecular formula is C22H24F3N3O4. The minimum absolute atomic E-state index is 0.117. The smallest absolute Gasteiger partial charge is 0.416 e. The summed E-state index contributed by atoms with van der Waals surface area (Å²) in [4.78, 5) is 25.2. The number of carbonyl (C=O) groups excluding carboxylic acids is 2. The quantitative estimate of drug-likeness (QED) is 0.381. The maximum absolute atomic E-state index is 12.9. The molecule has 0 radical (unpaired) electrons.